The molecule has 3 rings (SSSR count). The van der Waals surface area contributed by atoms with Crippen LogP contribution in [0.4, 0.5) is 4.39 Å². The molecular formula is C12H12FNO3S. The van der Waals surface area contributed by atoms with Crippen LogP contribution in [-0.4, -0.2) is 14.0 Å². The topological polar surface area (TPSA) is 59.3 Å². The fourth-order valence-corrected chi connectivity index (χ4v) is 3.22. The lowest BCUT2D eigenvalue weighted by Gasteiger charge is -2.09. The molecule has 1 aliphatic rings. The largest absolute Gasteiger partial charge is 0.443 e. The summed E-state index contributed by atoms with van der Waals surface area (Å²) >= 11 is 0. The van der Waals surface area contributed by atoms with E-state index in [1.165, 1.54) is 24.3 Å². The van der Waals surface area contributed by atoms with Crippen LogP contribution in [0.15, 0.2) is 33.8 Å². The lowest BCUT2D eigenvalue weighted by atomic mass is 10.2. The first-order valence-electron chi connectivity index (χ1n) is 5.61. The van der Waals surface area contributed by atoms with Crippen molar-refractivity contribution in [3.63, 3.8) is 0 Å². The molecule has 18 heavy (non-hydrogen) atoms. The number of sulfonamides is 1. The third-order valence-electron chi connectivity index (χ3n) is 3.10. The zero-order chi connectivity index (χ0) is 13.0. The normalized spacial score (nSPS) is 18.1. The molecule has 1 fully saturated rings. The second-order valence-corrected chi connectivity index (χ2v) is 6.53. The molecule has 0 bridgehead atoms. The van der Waals surface area contributed by atoms with Crippen molar-refractivity contribution in [1.82, 2.24) is 4.72 Å². The summed E-state index contributed by atoms with van der Waals surface area (Å²) in [6, 6.07) is 5.24. The molecule has 0 radical (unpaired) electrons. The lowest BCUT2D eigenvalue weighted by Crippen LogP contribution is -2.33. The quantitative estimate of drug-likeness (QED) is 0.930. The minimum atomic E-state index is -3.67. The van der Waals surface area contributed by atoms with Crippen LogP contribution in [0.1, 0.15) is 19.8 Å². The van der Waals surface area contributed by atoms with Crippen molar-refractivity contribution in [2.45, 2.75) is 30.4 Å². The SMILES string of the molecule is CC1(NS(=O)(=O)c2cc3cc(F)ccc3o2)CC1. The standard InChI is InChI=1S/C12H12FNO3S/c1-12(4-5-12)14-18(15,16)11-7-8-6-9(13)2-3-10(8)17-11/h2-3,6-7,14H,4-5H2,1H3. The molecule has 6 heteroatoms. The van der Waals surface area contributed by atoms with Crippen molar-refractivity contribution >= 4 is 21.0 Å². The smallest absolute Gasteiger partial charge is 0.274 e. The summed E-state index contributed by atoms with van der Waals surface area (Å²) < 4.78 is 44.9. The monoisotopic (exact) mass is 269 g/mol. The van der Waals surface area contributed by atoms with Gasteiger partial charge in [0.15, 0.2) is 0 Å². The van der Waals surface area contributed by atoms with E-state index in [4.69, 9.17) is 4.42 Å². The van der Waals surface area contributed by atoms with Crippen molar-refractivity contribution in [2.75, 3.05) is 0 Å². The van der Waals surface area contributed by atoms with Gasteiger partial charge in [-0.05, 0) is 38.0 Å². The predicted molar refractivity (Wildman–Crippen MR) is 64.1 cm³/mol. The van der Waals surface area contributed by atoms with Gasteiger partial charge in [-0.2, -0.15) is 0 Å². The van der Waals surface area contributed by atoms with E-state index in [0.717, 1.165) is 12.8 Å². The molecule has 2 aromatic rings. The molecule has 1 N–H and O–H groups in total. The highest BCUT2D eigenvalue weighted by atomic mass is 32.2. The van der Waals surface area contributed by atoms with Crippen LogP contribution in [0, 0.1) is 5.82 Å². The van der Waals surface area contributed by atoms with Crippen LogP contribution in [0.3, 0.4) is 0 Å². The summed E-state index contributed by atoms with van der Waals surface area (Å²) in [5.41, 5.74) is 0.000927. The molecule has 0 atom stereocenters. The van der Waals surface area contributed by atoms with Gasteiger partial charge in [-0.15, -0.1) is 0 Å². The van der Waals surface area contributed by atoms with Gasteiger partial charge in [0.2, 0.25) is 5.09 Å². The van der Waals surface area contributed by atoms with E-state index in [1.54, 1.807) is 0 Å². The fourth-order valence-electron chi connectivity index (χ4n) is 1.79. The maximum Gasteiger partial charge on any atom is 0.274 e. The van der Waals surface area contributed by atoms with E-state index >= 15 is 0 Å². The summed E-state index contributed by atoms with van der Waals surface area (Å²) in [5.74, 6) is -0.422. The minimum Gasteiger partial charge on any atom is -0.443 e. The van der Waals surface area contributed by atoms with Crippen molar-refractivity contribution in [3.05, 3.63) is 30.1 Å². The Bertz CT molecular complexity index is 716. The highest BCUT2D eigenvalue weighted by Gasteiger charge is 2.42. The molecule has 4 nitrogen and oxygen atoms in total. The maximum absolute atomic E-state index is 13.0. The number of rotatable bonds is 3. The predicted octanol–water partition coefficient (Wildman–Crippen LogP) is 2.40. The number of halogens is 1. The second kappa shape index (κ2) is 3.55. The maximum atomic E-state index is 13.0. The zero-order valence-electron chi connectivity index (χ0n) is 9.73. The first-order valence-corrected chi connectivity index (χ1v) is 7.09. The van der Waals surface area contributed by atoms with Crippen LogP contribution >= 0.6 is 0 Å². The third-order valence-corrected chi connectivity index (χ3v) is 4.59. The first-order chi connectivity index (χ1) is 8.38. The van der Waals surface area contributed by atoms with E-state index < -0.39 is 15.8 Å². The third kappa shape index (κ3) is 2.02. The number of furan rings is 1. The van der Waals surface area contributed by atoms with Crippen LogP contribution in [-0.2, 0) is 10.0 Å². The number of fused-ring (bicyclic) bond motifs is 1. The molecule has 0 aliphatic heterocycles. The van der Waals surface area contributed by atoms with Crippen LogP contribution in [0.2, 0.25) is 0 Å². The lowest BCUT2D eigenvalue weighted by molar-refractivity contribution is 0.468. The van der Waals surface area contributed by atoms with Crippen LogP contribution in [0.25, 0.3) is 11.0 Å². The van der Waals surface area contributed by atoms with E-state index in [2.05, 4.69) is 4.72 Å². The Balaban J connectivity index is 2.03. The van der Waals surface area contributed by atoms with E-state index in [1.807, 2.05) is 6.92 Å². The van der Waals surface area contributed by atoms with Gasteiger partial charge in [-0.3, -0.25) is 0 Å². The molecule has 1 aromatic carbocycles. The number of benzene rings is 1. The Morgan fingerprint density at radius 1 is 1.33 bits per heavy atom. The molecular weight excluding hydrogens is 257 g/mol. The molecule has 1 heterocycles. The Hall–Kier alpha value is -1.40. The highest BCUT2D eigenvalue weighted by Crippen LogP contribution is 2.36. The molecule has 0 amide bonds. The molecule has 0 spiro atoms. The van der Waals surface area contributed by atoms with Crippen LogP contribution < -0.4 is 4.72 Å². The number of hydrogen-bond donors (Lipinski definition) is 1. The molecule has 0 unspecified atom stereocenters. The van der Waals surface area contributed by atoms with Gasteiger partial charge in [0.05, 0.1) is 0 Å². The highest BCUT2D eigenvalue weighted by molar-refractivity contribution is 7.89. The first kappa shape index (κ1) is 11.7. The van der Waals surface area contributed by atoms with Crippen molar-refractivity contribution in [3.8, 4) is 0 Å². The Morgan fingerprint density at radius 3 is 2.72 bits per heavy atom. The van der Waals surface area contributed by atoms with E-state index in [-0.39, 0.29) is 10.6 Å². The average molecular weight is 269 g/mol. The minimum absolute atomic E-state index is 0.170. The Kier molecular flexibility index (Phi) is 2.30. The van der Waals surface area contributed by atoms with Gasteiger partial charge in [-0.1, -0.05) is 0 Å². The fraction of sp³-hybridized carbons (Fsp3) is 0.333. The average Bonchev–Trinajstić information content (AvgIpc) is 2.83. The van der Waals surface area contributed by atoms with Gasteiger partial charge in [0.25, 0.3) is 10.0 Å². The van der Waals surface area contributed by atoms with Gasteiger partial charge in [-0.25, -0.2) is 17.5 Å². The molecule has 1 aliphatic carbocycles. The number of nitrogens with one attached hydrogen (secondary N) is 1. The Morgan fingerprint density at radius 2 is 2.06 bits per heavy atom. The molecule has 1 aromatic heterocycles. The van der Waals surface area contributed by atoms with Gasteiger partial charge in [0.1, 0.15) is 11.4 Å². The van der Waals surface area contributed by atoms with Crippen molar-refractivity contribution in [1.29, 1.82) is 0 Å². The summed E-state index contributed by atoms with van der Waals surface area (Å²) in [5, 5.41) is 0.271. The van der Waals surface area contributed by atoms with Gasteiger partial charge < -0.3 is 4.42 Å². The van der Waals surface area contributed by atoms with E-state index in [9.17, 15) is 12.8 Å². The van der Waals surface area contributed by atoms with Crippen LogP contribution in [0.5, 0.6) is 0 Å². The second-order valence-electron chi connectivity index (χ2n) is 4.91. The van der Waals surface area contributed by atoms with Crippen molar-refractivity contribution < 1.29 is 17.2 Å². The number of hydrogen-bond acceptors (Lipinski definition) is 3. The van der Waals surface area contributed by atoms with Gasteiger partial charge >= 0.3 is 0 Å². The van der Waals surface area contributed by atoms with Crippen molar-refractivity contribution in [2.24, 2.45) is 0 Å². The van der Waals surface area contributed by atoms with Gasteiger partial charge in [0, 0.05) is 17.0 Å². The zero-order valence-corrected chi connectivity index (χ0v) is 10.6. The summed E-state index contributed by atoms with van der Waals surface area (Å²) in [6.07, 6.45) is 1.64. The summed E-state index contributed by atoms with van der Waals surface area (Å²) in [4.78, 5) is 0. The summed E-state index contributed by atoms with van der Waals surface area (Å²) in [6.45, 7) is 1.84. The Labute approximate surface area is 104 Å². The molecule has 1 saturated carbocycles. The molecule has 0 saturated heterocycles. The van der Waals surface area contributed by atoms with E-state index in [0.29, 0.717) is 11.0 Å². The molecule has 96 valence electrons. The summed E-state index contributed by atoms with van der Waals surface area (Å²) in [7, 11) is -3.67.